The number of hydrogen-bond donors (Lipinski definition) is 2. The molecule has 0 heterocycles. The quantitative estimate of drug-likeness (QED) is 0.632. The number of halogens is 1. The van der Waals surface area contributed by atoms with E-state index in [-0.39, 0.29) is 11.3 Å². The van der Waals surface area contributed by atoms with Gasteiger partial charge in [0.2, 0.25) is 0 Å². The molecule has 3 aromatic rings. The highest BCUT2D eigenvalue weighted by Gasteiger charge is 2.15. The fraction of sp³-hybridized carbons (Fsp3) is 0.0909. The van der Waals surface area contributed by atoms with E-state index >= 15 is 0 Å². The fourth-order valence-corrected chi connectivity index (χ4v) is 2.62. The first kappa shape index (κ1) is 19.9. The molecule has 0 aromatic heterocycles. The molecule has 0 aliphatic rings. The minimum Gasteiger partial charge on any atom is -0.495 e. The van der Waals surface area contributed by atoms with Gasteiger partial charge in [0.1, 0.15) is 5.75 Å². The van der Waals surface area contributed by atoms with E-state index < -0.39 is 24.2 Å². The first-order chi connectivity index (χ1) is 14.1. The van der Waals surface area contributed by atoms with E-state index in [0.29, 0.717) is 17.1 Å². The molecule has 0 bridgehead atoms. The second-order valence-electron chi connectivity index (χ2n) is 5.97. The molecule has 2 amide bonds. The van der Waals surface area contributed by atoms with Crippen molar-refractivity contribution >= 4 is 23.2 Å². The Bertz CT molecular complexity index is 1020. The third-order valence-corrected chi connectivity index (χ3v) is 4.00. The van der Waals surface area contributed by atoms with Gasteiger partial charge in [-0.25, -0.2) is 4.39 Å². The molecule has 7 heteroatoms. The van der Waals surface area contributed by atoms with E-state index in [1.807, 2.05) is 0 Å². The van der Waals surface area contributed by atoms with E-state index in [0.717, 1.165) is 0 Å². The summed E-state index contributed by atoms with van der Waals surface area (Å²) in [6.07, 6.45) is 0. The van der Waals surface area contributed by atoms with Gasteiger partial charge in [0.25, 0.3) is 11.8 Å². The molecule has 0 spiro atoms. The molecule has 2 N–H and O–H groups in total. The predicted octanol–water partition coefficient (Wildman–Crippen LogP) is 4.10. The van der Waals surface area contributed by atoms with Crippen LogP contribution in [-0.4, -0.2) is 25.5 Å². The first-order valence-corrected chi connectivity index (χ1v) is 8.79. The minimum absolute atomic E-state index is 0.0233. The van der Waals surface area contributed by atoms with Crippen LogP contribution in [0, 0.1) is 5.82 Å². The average Bonchev–Trinajstić information content (AvgIpc) is 2.74. The van der Waals surface area contributed by atoms with Crippen LogP contribution in [0.1, 0.15) is 10.4 Å². The van der Waals surface area contributed by atoms with Gasteiger partial charge in [-0.1, -0.05) is 36.4 Å². The van der Waals surface area contributed by atoms with Crippen LogP contribution < -0.4 is 20.1 Å². The largest absolute Gasteiger partial charge is 0.495 e. The van der Waals surface area contributed by atoms with Crippen molar-refractivity contribution in [2.24, 2.45) is 0 Å². The van der Waals surface area contributed by atoms with Gasteiger partial charge in [-0.15, -0.1) is 0 Å². The van der Waals surface area contributed by atoms with Gasteiger partial charge in [-0.05, 0) is 36.4 Å². The van der Waals surface area contributed by atoms with Crippen LogP contribution in [0.2, 0.25) is 0 Å². The van der Waals surface area contributed by atoms with Crippen molar-refractivity contribution < 1.29 is 23.5 Å². The zero-order chi connectivity index (χ0) is 20.6. The second kappa shape index (κ2) is 9.36. The van der Waals surface area contributed by atoms with Crippen molar-refractivity contribution in [1.82, 2.24) is 0 Å². The summed E-state index contributed by atoms with van der Waals surface area (Å²) in [4.78, 5) is 24.9. The van der Waals surface area contributed by atoms with Crippen molar-refractivity contribution in [2.75, 3.05) is 24.4 Å². The number of hydrogen-bond acceptors (Lipinski definition) is 4. The van der Waals surface area contributed by atoms with Gasteiger partial charge in [-0.2, -0.15) is 0 Å². The summed E-state index contributed by atoms with van der Waals surface area (Å²) < 4.78 is 24.0. The van der Waals surface area contributed by atoms with Crippen molar-refractivity contribution in [3.05, 3.63) is 84.2 Å². The highest BCUT2D eigenvalue weighted by Crippen LogP contribution is 2.25. The maximum Gasteiger partial charge on any atom is 0.262 e. The molecule has 148 valence electrons. The summed E-state index contributed by atoms with van der Waals surface area (Å²) in [5.74, 6) is -1.01. The molecule has 0 fully saturated rings. The lowest BCUT2D eigenvalue weighted by Crippen LogP contribution is -2.23. The zero-order valence-electron chi connectivity index (χ0n) is 15.6. The van der Waals surface area contributed by atoms with Gasteiger partial charge in [-0.3, -0.25) is 9.59 Å². The Hall–Kier alpha value is -3.87. The number of nitrogens with one attached hydrogen (secondary N) is 2. The molecule has 0 aliphatic carbocycles. The van der Waals surface area contributed by atoms with Crippen LogP contribution in [0.25, 0.3) is 0 Å². The number of carbonyl (C=O) groups excluding carboxylic acids is 2. The van der Waals surface area contributed by atoms with E-state index in [2.05, 4.69) is 10.6 Å². The monoisotopic (exact) mass is 394 g/mol. The number of anilines is 2. The lowest BCUT2D eigenvalue weighted by atomic mass is 10.1. The van der Waals surface area contributed by atoms with Crippen LogP contribution in [0.3, 0.4) is 0 Å². The Morgan fingerprint density at radius 3 is 2.17 bits per heavy atom. The third kappa shape index (κ3) is 5.10. The molecule has 0 aliphatic heterocycles. The van der Waals surface area contributed by atoms with E-state index in [4.69, 9.17) is 9.47 Å². The summed E-state index contributed by atoms with van der Waals surface area (Å²) in [6, 6.07) is 19.3. The van der Waals surface area contributed by atoms with Crippen molar-refractivity contribution in [3.8, 4) is 11.5 Å². The number of ether oxygens (including phenoxy) is 2. The molecule has 3 aromatic carbocycles. The van der Waals surface area contributed by atoms with Gasteiger partial charge in [0.05, 0.1) is 24.0 Å². The predicted molar refractivity (Wildman–Crippen MR) is 108 cm³/mol. The Labute approximate surface area is 167 Å². The third-order valence-electron chi connectivity index (χ3n) is 4.00. The molecule has 29 heavy (non-hydrogen) atoms. The summed E-state index contributed by atoms with van der Waals surface area (Å²) in [6.45, 7) is -0.399. The normalized spacial score (nSPS) is 10.1. The minimum atomic E-state index is -0.558. The number of para-hydroxylation sites is 4. The van der Waals surface area contributed by atoms with Crippen LogP contribution in [0.15, 0.2) is 72.8 Å². The van der Waals surface area contributed by atoms with Crippen LogP contribution >= 0.6 is 0 Å². The Balaban J connectivity index is 1.69. The molecule has 0 unspecified atom stereocenters. The van der Waals surface area contributed by atoms with Gasteiger partial charge in [0, 0.05) is 0 Å². The number of methoxy groups -OCH3 is 1. The van der Waals surface area contributed by atoms with Gasteiger partial charge < -0.3 is 20.1 Å². The molecule has 6 nitrogen and oxygen atoms in total. The zero-order valence-corrected chi connectivity index (χ0v) is 15.6. The van der Waals surface area contributed by atoms with Crippen molar-refractivity contribution in [1.29, 1.82) is 0 Å². The maximum absolute atomic E-state index is 13.6. The lowest BCUT2D eigenvalue weighted by molar-refractivity contribution is -0.118. The lowest BCUT2D eigenvalue weighted by Gasteiger charge is -2.13. The SMILES string of the molecule is COc1ccccc1NC(=O)c1ccccc1NC(=O)COc1ccccc1F. The van der Waals surface area contributed by atoms with Gasteiger partial charge >= 0.3 is 0 Å². The Morgan fingerprint density at radius 1 is 0.828 bits per heavy atom. The van der Waals surface area contributed by atoms with Gasteiger partial charge in [0.15, 0.2) is 18.2 Å². The Morgan fingerprint density at radius 2 is 1.45 bits per heavy atom. The summed E-state index contributed by atoms with van der Waals surface area (Å²) in [5.41, 5.74) is 1.07. The second-order valence-corrected chi connectivity index (χ2v) is 5.97. The molecule has 3 rings (SSSR count). The topological polar surface area (TPSA) is 76.7 Å². The highest BCUT2D eigenvalue weighted by molar-refractivity contribution is 6.10. The summed E-state index contributed by atoms with van der Waals surface area (Å²) in [5, 5.41) is 5.38. The first-order valence-electron chi connectivity index (χ1n) is 8.79. The number of amides is 2. The average molecular weight is 394 g/mol. The summed E-state index contributed by atoms with van der Waals surface area (Å²) in [7, 11) is 1.51. The van der Waals surface area contributed by atoms with Crippen molar-refractivity contribution in [3.63, 3.8) is 0 Å². The molecule has 0 saturated carbocycles. The van der Waals surface area contributed by atoms with Crippen LogP contribution in [0.5, 0.6) is 11.5 Å². The van der Waals surface area contributed by atoms with Crippen LogP contribution in [0.4, 0.5) is 15.8 Å². The number of benzene rings is 3. The number of carbonyl (C=O) groups is 2. The smallest absolute Gasteiger partial charge is 0.262 e. The number of rotatable bonds is 7. The summed E-state index contributed by atoms with van der Waals surface area (Å²) >= 11 is 0. The molecular formula is C22H19FN2O4. The van der Waals surface area contributed by atoms with Crippen molar-refractivity contribution in [2.45, 2.75) is 0 Å². The molecule has 0 saturated heterocycles. The molecule has 0 atom stereocenters. The molecular weight excluding hydrogens is 375 g/mol. The standard InChI is InChI=1S/C22H19FN2O4/c1-28-20-13-7-5-11-18(20)25-22(27)15-8-2-4-10-17(15)24-21(26)14-29-19-12-6-3-9-16(19)23/h2-13H,14H2,1H3,(H,24,26)(H,25,27). The maximum atomic E-state index is 13.6. The van der Waals surface area contributed by atoms with Crippen LogP contribution in [-0.2, 0) is 4.79 Å². The molecule has 0 radical (unpaired) electrons. The van der Waals surface area contributed by atoms with E-state index in [1.165, 1.54) is 25.3 Å². The highest BCUT2D eigenvalue weighted by atomic mass is 19.1. The Kier molecular flexibility index (Phi) is 6.42. The van der Waals surface area contributed by atoms with E-state index in [1.54, 1.807) is 54.6 Å². The fourth-order valence-electron chi connectivity index (χ4n) is 2.62. The van der Waals surface area contributed by atoms with E-state index in [9.17, 15) is 14.0 Å².